The van der Waals surface area contributed by atoms with Gasteiger partial charge in [-0.2, -0.15) is 0 Å². The average Bonchev–Trinajstić information content (AvgIpc) is 3.14. The number of hydrogen-bond donors (Lipinski definition) is 1. The maximum Gasteiger partial charge on any atom is 0.119 e. The van der Waals surface area contributed by atoms with Crippen molar-refractivity contribution in [1.82, 2.24) is 10.2 Å². The lowest BCUT2D eigenvalue weighted by atomic mass is 10.1. The van der Waals surface area contributed by atoms with Gasteiger partial charge in [-0.3, -0.25) is 0 Å². The molecule has 0 aromatic heterocycles. The van der Waals surface area contributed by atoms with Crippen molar-refractivity contribution in [3.63, 3.8) is 0 Å². The highest BCUT2D eigenvalue weighted by Gasteiger charge is 2.28. The molecule has 2 fully saturated rings. The summed E-state index contributed by atoms with van der Waals surface area (Å²) in [5, 5.41) is 3.74. The molecule has 1 aliphatic heterocycles. The average molecular weight is 260 g/mol. The van der Waals surface area contributed by atoms with E-state index in [-0.39, 0.29) is 0 Å². The van der Waals surface area contributed by atoms with Crippen LogP contribution in [0.4, 0.5) is 0 Å². The Morgan fingerprint density at radius 2 is 2.16 bits per heavy atom. The third-order valence-electron chi connectivity index (χ3n) is 4.17. The second-order valence-electron chi connectivity index (χ2n) is 5.83. The normalized spacial score (nSPS) is 23.7. The number of likely N-dealkylation sites (tertiary alicyclic amines) is 1. The van der Waals surface area contributed by atoms with E-state index in [4.69, 9.17) is 4.74 Å². The van der Waals surface area contributed by atoms with E-state index in [1.54, 1.807) is 7.11 Å². The van der Waals surface area contributed by atoms with Gasteiger partial charge in [-0.05, 0) is 49.9 Å². The summed E-state index contributed by atoms with van der Waals surface area (Å²) in [5.74, 6) is 0.965. The molecule has 0 spiro atoms. The fourth-order valence-electron chi connectivity index (χ4n) is 2.87. The molecule has 1 N–H and O–H groups in total. The Morgan fingerprint density at radius 3 is 2.95 bits per heavy atom. The number of benzene rings is 1. The maximum atomic E-state index is 5.27. The van der Waals surface area contributed by atoms with Crippen molar-refractivity contribution < 1.29 is 4.74 Å². The highest BCUT2D eigenvalue weighted by Crippen LogP contribution is 2.22. The molecule has 1 heterocycles. The molecule has 1 unspecified atom stereocenters. The summed E-state index contributed by atoms with van der Waals surface area (Å²) in [6.45, 7) is 3.63. The SMILES string of the molecule is COc1cccc(CCN2CCC(NC3CC3)C2)c1. The number of hydrogen-bond acceptors (Lipinski definition) is 3. The zero-order chi connectivity index (χ0) is 13.1. The molecule has 1 atom stereocenters. The van der Waals surface area contributed by atoms with E-state index in [2.05, 4.69) is 28.4 Å². The lowest BCUT2D eigenvalue weighted by molar-refractivity contribution is 0.331. The summed E-state index contributed by atoms with van der Waals surface area (Å²) in [6.07, 6.45) is 5.21. The lowest BCUT2D eigenvalue weighted by Gasteiger charge is -2.16. The van der Waals surface area contributed by atoms with E-state index in [0.717, 1.165) is 30.8 Å². The van der Waals surface area contributed by atoms with Crippen LogP contribution in [0.15, 0.2) is 24.3 Å². The van der Waals surface area contributed by atoms with Crippen molar-refractivity contribution in [2.45, 2.75) is 37.8 Å². The molecule has 0 radical (unpaired) electrons. The van der Waals surface area contributed by atoms with Crippen LogP contribution < -0.4 is 10.1 Å². The van der Waals surface area contributed by atoms with E-state index >= 15 is 0 Å². The third kappa shape index (κ3) is 3.71. The molecule has 104 valence electrons. The van der Waals surface area contributed by atoms with Gasteiger partial charge in [0.1, 0.15) is 5.75 Å². The van der Waals surface area contributed by atoms with Crippen molar-refractivity contribution in [2.75, 3.05) is 26.7 Å². The van der Waals surface area contributed by atoms with Crippen LogP contribution in [0.5, 0.6) is 5.75 Å². The summed E-state index contributed by atoms with van der Waals surface area (Å²) in [6, 6.07) is 10.0. The first-order valence-electron chi connectivity index (χ1n) is 7.45. The van der Waals surface area contributed by atoms with Crippen molar-refractivity contribution in [3.05, 3.63) is 29.8 Å². The molecule has 1 aromatic rings. The van der Waals surface area contributed by atoms with E-state index in [1.165, 1.54) is 37.9 Å². The highest BCUT2D eigenvalue weighted by atomic mass is 16.5. The summed E-state index contributed by atoms with van der Waals surface area (Å²) in [4.78, 5) is 2.58. The molecule has 1 saturated heterocycles. The summed E-state index contributed by atoms with van der Waals surface area (Å²) in [7, 11) is 1.73. The van der Waals surface area contributed by atoms with Gasteiger partial charge in [0.05, 0.1) is 7.11 Å². The monoisotopic (exact) mass is 260 g/mol. The molecule has 19 heavy (non-hydrogen) atoms. The van der Waals surface area contributed by atoms with Gasteiger partial charge < -0.3 is 15.0 Å². The minimum atomic E-state index is 0.734. The number of ether oxygens (including phenoxy) is 1. The van der Waals surface area contributed by atoms with Crippen molar-refractivity contribution in [3.8, 4) is 5.75 Å². The van der Waals surface area contributed by atoms with Crippen LogP contribution in [0.25, 0.3) is 0 Å². The minimum Gasteiger partial charge on any atom is -0.497 e. The van der Waals surface area contributed by atoms with E-state index < -0.39 is 0 Å². The molecular weight excluding hydrogens is 236 g/mol. The largest absolute Gasteiger partial charge is 0.497 e. The zero-order valence-electron chi connectivity index (χ0n) is 11.8. The van der Waals surface area contributed by atoms with Gasteiger partial charge in [-0.1, -0.05) is 12.1 Å². The standard InChI is InChI=1S/C16H24N2O/c1-19-16-4-2-3-13(11-16)7-9-18-10-8-15(12-18)17-14-5-6-14/h2-4,11,14-15,17H,5-10,12H2,1H3. The fourth-order valence-corrected chi connectivity index (χ4v) is 2.87. The third-order valence-corrected chi connectivity index (χ3v) is 4.17. The Labute approximate surface area is 115 Å². The first-order valence-corrected chi connectivity index (χ1v) is 7.45. The Hall–Kier alpha value is -1.06. The predicted octanol–water partition coefficient (Wildman–Crippen LogP) is 2.06. The molecule has 0 amide bonds. The summed E-state index contributed by atoms with van der Waals surface area (Å²) in [5.41, 5.74) is 1.37. The molecular formula is C16H24N2O. The molecule has 3 nitrogen and oxygen atoms in total. The molecule has 1 aliphatic carbocycles. The smallest absolute Gasteiger partial charge is 0.119 e. The minimum absolute atomic E-state index is 0.734. The van der Waals surface area contributed by atoms with E-state index in [0.29, 0.717) is 0 Å². The van der Waals surface area contributed by atoms with E-state index in [9.17, 15) is 0 Å². The molecule has 1 aromatic carbocycles. The van der Waals surface area contributed by atoms with Crippen LogP contribution in [0.3, 0.4) is 0 Å². The second kappa shape index (κ2) is 5.93. The van der Waals surface area contributed by atoms with E-state index in [1.807, 2.05) is 6.07 Å². The van der Waals surface area contributed by atoms with Gasteiger partial charge in [0.2, 0.25) is 0 Å². The van der Waals surface area contributed by atoms with Gasteiger partial charge in [0.25, 0.3) is 0 Å². The molecule has 2 aliphatic rings. The van der Waals surface area contributed by atoms with Crippen molar-refractivity contribution in [1.29, 1.82) is 0 Å². The van der Waals surface area contributed by atoms with Crippen LogP contribution in [0.1, 0.15) is 24.8 Å². The first-order chi connectivity index (χ1) is 9.33. The van der Waals surface area contributed by atoms with Gasteiger partial charge in [0, 0.05) is 25.2 Å². The first kappa shape index (κ1) is 12.9. The van der Waals surface area contributed by atoms with Crippen LogP contribution in [-0.4, -0.2) is 43.7 Å². The predicted molar refractivity (Wildman–Crippen MR) is 77.7 cm³/mol. The molecule has 3 rings (SSSR count). The Balaban J connectivity index is 1.44. The quantitative estimate of drug-likeness (QED) is 0.847. The van der Waals surface area contributed by atoms with Crippen molar-refractivity contribution in [2.24, 2.45) is 0 Å². The summed E-state index contributed by atoms with van der Waals surface area (Å²) < 4.78 is 5.27. The zero-order valence-corrected chi connectivity index (χ0v) is 11.8. The van der Waals surface area contributed by atoms with Gasteiger partial charge in [-0.25, -0.2) is 0 Å². The van der Waals surface area contributed by atoms with Gasteiger partial charge >= 0.3 is 0 Å². The maximum absolute atomic E-state index is 5.27. The van der Waals surface area contributed by atoms with Crippen LogP contribution in [0.2, 0.25) is 0 Å². The Bertz CT molecular complexity index is 417. The molecule has 3 heteroatoms. The number of methoxy groups -OCH3 is 1. The number of nitrogens with zero attached hydrogens (tertiary/aromatic N) is 1. The summed E-state index contributed by atoms with van der Waals surface area (Å²) >= 11 is 0. The molecule has 1 saturated carbocycles. The number of rotatable bonds is 6. The van der Waals surface area contributed by atoms with Crippen molar-refractivity contribution >= 4 is 0 Å². The Kier molecular flexibility index (Phi) is 4.04. The second-order valence-corrected chi connectivity index (χ2v) is 5.83. The van der Waals surface area contributed by atoms with Crippen LogP contribution >= 0.6 is 0 Å². The topological polar surface area (TPSA) is 24.5 Å². The van der Waals surface area contributed by atoms with Crippen LogP contribution in [-0.2, 0) is 6.42 Å². The highest BCUT2D eigenvalue weighted by molar-refractivity contribution is 5.28. The van der Waals surface area contributed by atoms with Gasteiger partial charge in [-0.15, -0.1) is 0 Å². The Morgan fingerprint density at radius 1 is 1.26 bits per heavy atom. The van der Waals surface area contributed by atoms with Crippen LogP contribution in [0, 0.1) is 0 Å². The fraction of sp³-hybridized carbons (Fsp3) is 0.625. The number of nitrogens with one attached hydrogen (secondary N) is 1. The molecule has 0 bridgehead atoms. The lowest BCUT2D eigenvalue weighted by Crippen LogP contribution is -2.34. The van der Waals surface area contributed by atoms with Gasteiger partial charge in [0.15, 0.2) is 0 Å².